The van der Waals surface area contributed by atoms with Crippen LogP contribution in [-0.2, 0) is 0 Å². The topological polar surface area (TPSA) is 12.0 Å². The fourth-order valence-electron chi connectivity index (χ4n) is 4.04. The van der Waals surface area contributed by atoms with Crippen LogP contribution in [0.2, 0.25) is 0 Å². The van der Waals surface area contributed by atoms with Crippen LogP contribution in [0.4, 0.5) is 0 Å². The van der Waals surface area contributed by atoms with Crippen molar-refractivity contribution in [3.8, 4) is 0 Å². The summed E-state index contributed by atoms with van der Waals surface area (Å²) in [6.45, 7) is 6.11. The summed E-state index contributed by atoms with van der Waals surface area (Å²) < 4.78 is 0. The highest BCUT2D eigenvalue weighted by atomic mass is 15.0. The van der Waals surface area contributed by atoms with E-state index < -0.39 is 0 Å². The minimum atomic E-state index is 0.505. The first-order chi connectivity index (χ1) is 7.77. The molecule has 2 fully saturated rings. The highest BCUT2D eigenvalue weighted by Gasteiger charge is 2.38. The molecule has 0 aromatic carbocycles. The van der Waals surface area contributed by atoms with Crippen LogP contribution in [0.3, 0.4) is 0 Å². The van der Waals surface area contributed by atoms with E-state index in [4.69, 9.17) is 0 Å². The quantitative estimate of drug-likeness (QED) is 0.742. The highest BCUT2D eigenvalue weighted by Crippen LogP contribution is 2.40. The van der Waals surface area contributed by atoms with Crippen LogP contribution in [0.5, 0.6) is 0 Å². The maximum atomic E-state index is 3.94. The van der Waals surface area contributed by atoms with Crippen molar-refractivity contribution in [3.05, 3.63) is 0 Å². The number of nitrogens with one attached hydrogen (secondary N) is 1. The smallest absolute Gasteiger partial charge is 0.0207 e. The normalized spacial score (nSPS) is 41.6. The second-order valence-corrected chi connectivity index (χ2v) is 6.22. The van der Waals surface area contributed by atoms with Gasteiger partial charge in [-0.15, -0.1) is 0 Å². The first kappa shape index (κ1) is 12.4. The van der Waals surface area contributed by atoms with Gasteiger partial charge in [-0.2, -0.15) is 0 Å². The van der Waals surface area contributed by atoms with Gasteiger partial charge in [-0.25, -0.2) is 0 Å². The molecular formula is C15H29N. The van der Waals surface area contributed by atoms with E-state index in [0.29, 0.717) is 5.54 Å². The molecule has 1 N–H and O–H groups in total. The zero-order chi connectivity index (χ0) is 11.4. The first-order valence-electron chi connectivity index (χ1n) is 7.52. The van der Waals surface area contributed by atoms with E-state index in [9.17, 15) is 0 Å². The van der Waals surface area contributed by atoms with Crippen LogP contribution in [0.15, 0.2) is 0 Å². The van der Waals surface area contributed by atoms with Crippen molar-refractivity contribution in [2.75, 3.05) is 6.54 Å². The molecule has 1 aliphatic carbocycles. The third kappa shape index (κ3) is 2.61. The van der Waals surface area contributed by atoms with Crippen LogP contribution in [0.25, 0.3) is 0 Å². The van der Waals surface area contributed by atoms with E-state index >= 15 is 0 Å². The standard InChI is InChI=1S/C15H29N/c1-3-15(10-5-4-6-11-16-15)14-9-7-8-13(2)12-14/h13-14,16H,3-12H2,1-2H3. The summed E-state index contributed by atoms with van der Waals surface area (Å²) in [6, 6.07) is 0. The summed E-state index contributed by atoms with van der Waals surface area (Å²) in [5, 5.41) is 3.94. The Morgan fingerprint density at radius 3 is 2.75 bits per heavy atom. The van der Waals surface area contributed by atoms with Crippen molar-refractivity contribution < 1.29 is 0 Å². The van der Waals surface area contributed by atoms with Crippen molar-refractivity contribution >= 4 is 0 Å². The molecule has 16 heavy (non-hydrogen) atoms. The molecule has 0 aromatic heterocycles. The fourth-order valence-corrected chi connectivity index (χ4v) is 4.04. The Balaban J connectivity index is 2.05. The fraction of sp³-hybridized carbons (Fsp3) is 1.00. The number of hydrogen-bond acceptors (Lipinski definition) is 1. The molecule has 0 aromatic rings. The maximum Gasteiger partial charge on any atom is 0.0207 e. The molecule has 1 nitrogen and oxygen atoms in total. The minimum absolute atomic E-state index is 0.505. The predicted molar refractivity (Wildman–Crippen MR) is 70.6 cm³/mol. The predicted octanol–water partition coefficient (Wildman–Crippen LogP) is 4.13. The van der Waals surface area contributed by atoms with Gasteiger partial charge in [0.15, 0.2) is 0 Å². The van der Waals surface area contributed by atoms with E-state index in [1.807, 2.05) is 0 Å². The zero-order valence-electron chi connectivity index (χ0n) is 11.2. The second kappa shape index (κ2) is 5.53. The lowest BCUT2D eigenvalue weighted by atomic mass is 9.68. The lowest BCUT2D eigenvalue weighted by Crippen LogP contribution is -2.51. The molecule has 2 aliphatic rings. The van der Waals surface area contributed by atoms with E-state index in [1.54, 1.807) is 0 Å². The molecule has 0 amide bonds. The summed E-state index contributed by atoms with van der Waals surface area (Å²) in [6.07, 6.45) is 12.9. The molecule has 1 aliphatic heterocycles. The lowest BCUT2D eigenvalue weighted by Gasteiger charge is -2.44. The highest BCUT2D eigenvalue weighted by molar-refractivity contribution is 4.96. The molecule has 1 saturated carbocycles. The molecule has 1 heteroatoms. The molecule has 94 valence electrons. The van der Waals surface area contributed by atoms with Crippen LogP contribution >= 0.6 is 0 Å². The third-order valence-corrected chi connectivity index (χ3v) is 5.13. The summed E-state index contributed by atoms with van der Waals surface area (Å²) in [4.78, 5) is 0. The van der Waals surface area contributed by atoms with Gasteiger partial charge in [0.25, 0.3) is 0 Å². The van der Waals surface area contributed by atoms with Gasteiger partial charge in [-0.1, -0.05) is 39.5 Å². The summed E-state index contributed by atoms with van der Waals surface area (Å²) in [5.41, 5.74) is 0.505. The van der Waals surface area contributed by atoms with Gasteiger partial charge in [0.05, 0.1) is 0 Å². The molecular weight excluding hydrogens is 194 g/mol. The van der Waals surface area contributed by atoms with Crippen molar-refractivity contribution in [1.29, 1.82) is 0 Å². The lowest BCUT2D eigenvalue weighted by molar-refractivity contribution is 0.125. The second-order valence-electron chi connectivity index (χ2n) is 6.22. The average Bonchev–Trinajstić information content (AvgIpc) is 2.55. The summed E-state index contributed by atoms with van der Waals surface area (Å²) in [7, 11) is 0. The van der Waals surface area contributed by atoms with Crippen LogP contribution in [0, 0.1) is 11.8 Å². The van der Waals surface area contributed by atoms with Gasteiger partial charge in [-0.3, -0.25) is 0 Å². The zero-order valence-corrected chi connectivity index (χ0v) is 11.2. The van der Waals surface area contributed by atoms with E-state index in [0.717, 1.165) is 11.8 Å². The van der Waals surface area contributed by atoms with Gasteiger partial charge in [-0.05, 0) is 50.5 Å². The minimum Gasteiger partial charge on any atom is -0.311 e. The summed E-state index contributed by atoms with van der Waals surface area (Å²) >= 11 is 0. The van der Waals surface area contributed by atoms with Crippen LogP contribution in [0.1, 0.15) is 71.6 Å². The van der Waals surface area contributed by atoms with Crippen molar-refractivity contribution in [3.63, 3.8) is 0 Å². The Hall–Kier alpha value is -0.0400. The van der Waals surface area contributed by atoms with E-state index in [-0.39, 0.29) is 0 Å². The monoisotopic (exact) mass is 223 g/mol. The van der Waals surface area contributed by atoms with Gasteiger partial charge in [0, 0.05) is 5.54 Å². The SMILES string of the molecule is CCC1(C2CCCC(C)C2)CCCCCN1. The average molecular weight is 223 g/mol. The Kier molecular flexibility index (Phi) is 4.29. The molecule has 3 atom stereocenters. The molecule has 1 saturated heterocycles. The number of rotatable bonds is 2. The molecule has 0 bridgehead atoms. The van der Waals surface area contributed by atoms with Crippen molar-refractivity contribution in [1.82, 2.24) is 5.32 Å². The molecule has 2 rings (SSSR count). The largest absolute Gasteiger partial charge is 0.311 e. The molecule has 0 radical (unpaired) electrons. The Bertz CT molecular complexity index is 203. The molecule has 0 spiro atoms. The van der Waals surface area contributed by atoms with E-state index in [2.05, 4.69) is 19.2 Å². The van der Waals surface area contributed by atoms with Gasteiger partial charge in [0.1, 0.15) is 0 Å². The Morgan fingerprint density at radius 1 is 1.12 bits per heavy atom. The van der Waals surface area contributed by atoms with Gasteiger partial charge < -0.3 is 5.32 Å². The Morgan fingerprint density at radius 2 is 2.00 bits per heavy atom. The van der Waals surface area contributed by atoms with Gasteiger partial charge >= 0.3 is 0 Å². The third-order valence-electron chi connectivity index (χ3n) is 5.13. The molecule has 3 unspecified atom stereocenters. The summed E-state index contributed by atoms with van der Waals surface area (Å²) in [5.74, 6) is 1.92. The Labute approximate surface area is 101 Å². The van der Waals surface area contributed by atoms with E-state index in [1.165, 1.54) is 64.3 Å². The van der Waals surface area contributed by atoms with Crippen molar-refractivity contribution in [2.45, 2.75) is 77.2 Å². The van der Waals surface area contributed by atoms with Crippen LogP contribution < -0.4 is 5.32 Å². The maximum absolute atomic E-state index is 3.94. The van der Waals surface area contributed by atoms with Crippen molar-refractivity contribution in [2.24, 2.45) is 11.8 Å². The first-order valence-corrected chi connectivity index (χ1v) is 7.52. The van der Waals surface area contributed by atoms with Crippen LogP contribution in [-0.4, -0.2) is 12.1 Å². The number of hydrogen-bond donors (Lipinski definition) is 1. The molecule has 1 heterocycles. The van der Waals surface area contributed by atoms with Gasteiger partial charge in [0.2, 0.25) is 0 Å².